The van der Waals surface area contributed by atoms with Gasteiger partial charge in [-0.25, -0.2) is 4.98 Å². The highest BCUT2D eigenvalue weighted by atomic mass is 16.3. The maximum absolute atomic E-state index is 6.37. The van der Waals surface area contributed by atoms with Gasteiger partial charge in [0.1, 0.15) is 5.58 Å². The molecule has 7 aromatic carbocycles. The van der Waals surface area contributed by atoms with E-state index in [0.717, 1.165) is 55.6 Å². The lowest BCUT2D eigenvalue weighted by Gasteiger charge is -2.14. The zero-order valence-corrected chi connectivity index (χ0v) is 27.4. The minimum atomic E-state index is 0.580. The molecule has 238 valence electrons. The van der Waals surface area contributed by atoms with Crippen LogP contribution in [0.15, 0.2) is 174 Å². The van der Waals surface area contributed by atoms with Gasteiger partial charge in [-0.05, 0) is 42.5 Å². The van der Waals surface area contributed by atoms with Crippen LogP contribution in [-0.4, -0.2) is 19.1 Å². The molecule has 0 atom stereocenters. The van der Waals surface area contributed by atoms with Crippen molar-refractivity contribution in [3.8, 4) is 34.0 Å². The van der Waals surface area contributed by atoms with E-state index in [1.165, 1.54) is 32.6 Å². The van der Waals surface area contributed by atoms with E-state index in [1.807, 2.05) is 48.5 Å². The molecule has 5 heteroatoms. The van der Waals surface area contributed by atoms with Crippen LogP contribution in [0.1, 0.15) is 0 Å². The van der Waals surface area contributed by atoms with Crippen molar-refractivity contribution in [2.45, 2.75) is 0 Å². The predicted octanol–water partition coefficient (Wildman–Crippen LogP) is 11.9. The van der Waals surface area contributed by atoms with Crippen LogP contribution in [0.25, 0.3) is 99.7 Å². The number of fused-ring (bicyclic) bond motifs is 10. The molecule has 51 heavy (non-hydrogen) atoms. The summed E-state index contributed by atoms with van der Waals surface area (Å²) in [6.07, 6.45) is 0. The Bertz CT molecular complexity index is 3130. The summed E-state index contributed by atoms with van der Waals surface area (Å²) in [6, 6.07) is 59.7. The van der Waals surface area contributed by atoms with Crippen molar-refractivity contribution in [3.63, 3.8) is 0 Å². The van der Waals surface area contributed by atoms with Crippen molar-refractivity contribution >= 4 is 65.7 Å². The number of nitrogens with zero attached hydrogens (tertiary/aromatic N) is 4. The van der Waals surface area contributed by atoms with E-state index in [4.69, 9.17) is 14.4 Å². The van der Waals surface area contributed by atoms with E-state index in [-0.39, 0.29) is 0 Å². The van der Waals surface area contributed by atoms with Crippen LogP contribution in [0.4, 0.5) is 0 Å². The fraction of sp³-hybridized carbons (Fsp3) is 0. The van der Waals surface area contributed by atoms with Crippen LogP contribution >= 0.6 is 0 Å². The topological polar surface area (TPSA) is 48.8 Å². The molecule has 0 saturated heterocycles. The van der Waals surface area contributed by atoms with Crippen LogP contribution < -0.4 is 0 Å². The molecule has 4 heterocycles. The molecule has 0 unspecified atom stereocenters. The van der Waals surface area contributed by atoms with Gasteiger partial charge in [0.25, 0.3) is 0 Å². The van der Waals surface area contributed by atoms with Gasteiger partial charge >= 0.3 is 0 Å². The largest absolute Gasteiger partial charge is 0.438 e. The highest BCUT2D eigenvalue weighted by molar-refractivity contribution is 6.24. The summed E-state index contributed by atoms with van der Waals surface area (Å²) in [7, 11) is 0. The Hall–Kier alpha value is -6.98. The van der Waals surface area contributed by atoms with Crippen LogP contribution in [0.3, 0.4) is 0 Å². The van der Waals surface area contributed by atoms with Gasteiger partial charge in [-0.15, -0.1) is 0 Å². The predicted molar refractivity (Wildman–Crippen MR) is 209 cm³/mol. The highest BCUT2D eigenvalue weighted by Crippen LogP contribution is 2.43. The number of furan rings is 1. The minimum absolute atomic E-state index is 0.580. The molecule has 0 bridgehead atoms. The second kappa shape index (κ2) is 10.8. The van der Waals surface area contributed by atoms with Crippen molar-refractivity contribution in [2.24, 2.45) is 0 Å². The van der Waals surface area contributed by atoms with Gasteiger partial charge < -0.3 is 13.6 Å². The molecule has 0 amide bonds. The van der Waals surface area contributed by atoms with Crippen LogP contribution in [0.2, 0.25) is 0 Å². The standard InChI is InChI=1S/C46H28N4O/c1-3-14-29(15-4-1)45-47-42(41-37-22-9-12-25-40(37)51-46(41)48-45)30-16-13-19-32(28-30)50-39-24-11-8-21-34(39)36-27-26-35-33-20-7-10-23-38(33)49(43(35)44(36)50)31-17-5-2-6-18-31/h1-28H. The number of para-hydroxylation sites is 4. The molecular weight excluding hydrogens is 625 g/mol. The summed E-state index contributed by atoms with van der Waals surface area (Å²) in [5.74, 6) is 0.633. The lowest BCUT2D eigenvalue weighted by molar-refractivity contribution is 0.653. The van der Waals surface area contributed by atoms with E-state index in [2.05, 4.69) is 130 Å². The van der Waals surface area contributed by atoms with Crippen LogP contribution in [-0.2, 0) is 0 Å². The lowest BCUT2D eigenvalue weighted by Crippen LogP contribution is -1.99. The maximum atomic E-state index is 6.37. The van der Waals surface area contributed by atoms with Crippen molar-refractivity contribution in [1.82, 2.24) is 19.1 Å². The Kier molecular flexibility index (Phi) is 5.89. The van der Waals surface area contributed by atoms with Gasteiger partial charge in [-0.2, -0.15) is 4.98 Å². The Morgan fingerprint density at radius 1 is 0.412 bits per heavy atom. The van der Waals surface area contributed by atoms with E-state index in [9.17, 15) is 0 Å². The smallest absolute Gasteiger partial charge is 0.231 e. The second-order valence-corrected chi connectivity index (χ2v) is 13.0. The molecule has 0 radical (unpaired) electrons. The number of hydrogen-bond donors (Lipinski definition) is 0. The van der Waals surface area contributed by atoms with Gasteiger partial charge in [-0.3, -0.25) is 0 Å². The summed E-state index contributed by atoms with van der Waals surface area (Å²) in [5, 5.41) is 6.78. The third-order valence-electron chi connectivity index (χ3n) is 10.1. The molecule has 0 aliphatic carbocycles. The number of aromatic nitrogens is 4. The third kappa shape index (κ3) is 4.09. The van der Waals surface area contributed by atoms with E-state index in [0.29, 0.717) is 11.5 Å². The Labute approximate surface area is 292 Å². The Balaban J connectivity index is 1.25. The highest BCUT2D eigenvalue weighted by Gasteiger charge is 2.22. The van der Waals surface area contributed by atoms with Crippen LogP contribution in [0.5, 0.6) is 0 Å². The zero-order valence-electron chi connectivity index (χ0n) is 27.4. The molecule has 5 nitrogen and oxygen atoms in total. The first-order valence-electron chi connectivity index (χ1n) is 17.2. The molecule has 0 aliphatic rings. The number of benzene rings is 7. The van der Waals surface area contributed by atoms with Gasteiger partial charge in [0, 0.05) is 49.4 Å². The molecule has 0 N–H and O–H groups in total. The maximum Gasteiger partial charge on any atom is 0.231 e. The molecule has 0 spiro atoms. The second-order valence-electron chi connectivity index (χ2n) is 13.0. The summed E-state index contributed by atoms with van der Waals surface area (Å²) >= 11 is 0. The summed E-state index contributed by atoms with van der Waals surface area (Å²) < 4.78 is 11.2. The Morgan fingerprint density at radius 2 is 0.961 bits per heavy atom. The average Bonchev–Trinajstić information content (AvgIpc) is 3.86. The molecule has 0 fully saturated rings. The van der Waals surface area contributed by atoms with Gasteiger partial charge in [0.05, 0.1) is 33.1 Å². The number of rotatable bonds is 4. The van der Waals surface area contributed by atoms with Gasteiger partial charge in [0.15, 0.2) is 5.82 Å². The first-order chi connectivity index (χ1) is 25.3. The van der Waals surface area contributed by atoms with Crippen molar-refractivity contribution in [1.29, 1.82) is 0 Å². The quantitative estimate of drug-likeness (QED) is 0.190. The first-order valence-corrected chi connectivity index (χ1v) is 17.2. The zero-order chi connectivity index (χ0) is 33.5. The molecule has 0 aliphatic heterocycles. The third-order valence-corrected chi connectivity index (χ3v) is 10.1. The van der Waals surface area contributed by atoms with Crippen LogP contribution in [0, 0.1) is 0 Å². The molecule has 0 saturated carbocycles. The summed E-state index contributed by atoms with van der Waals surface area (Å²) in [6.45, 7) is 0. The van der Waals surface area contributed by atoms with E-state index >= 15 is 0 Å². The minimum Gasteiger partial charge on any atom is -0.438 e. The monoisotopic (exact) mass is 652 g/mol. The molecule has 4 aromatic heterocycles. The first kappa shape index (κ1) is 27.9. The van der Waals surface area contributed by atoms with Crippen molar-refractivity contribution in [2.75, 3.05) is 0 Å². The number of hydrogen-bond acceptors (Lipinski definition) is 3. The van der Waals surface area contributed by atoms with Crippen molar-refractivity contribution in [3.05, 3.63) is 170 Å². The SMILES string of the molecule is c1ccc(-c2nc(-c3cccc(-n4c5ccccc5c5ccc6c7ccccc7n(-c7ccccc7)c6c54)c3)c3c(n2)oc2ccccc23)cc1. The van der Waals surface area contributed by atoms with Crippen molar-refractivity contribution < 1.29 is 4.42 Å². The Morgan fingerprint density at radius 3 is 1.67 bits per heavy atom. The van der Waals surface area contributed by atoms with Gasteiger partial charge in [0.2, 0.25) is 5.71 Å². The fourth-order valence-electron chi connectivity index (χ4n) is 7.95. The summed E-state index contributed by atoms with van der Waals surface area (Å²) in [5.41, 5.74) is 11.0. The fourth-order valence-corrected chi connectivity index (χ4v) is 7.95. The van der Waals surface area contributed by atoms with E-state index < -0.39 is 0 Å². The molecule has 11 aromatic rings. The normalized spacial score (nSPS) is 11.9. The van der Waals surface area contributed by atoms with E-state index in [1.54, 1.807) is 0 Å². The molecule has 11 rings (SSSR count). The van der Waals surface area contributed by atoms with Gasteiger partial charge in [-0.1, -0.05) is 127 Å². The lowest BCUT2D eigenvalue weighted by atomic mass is 10.0. The molecular formula is C46H28N4O. The summed E-state index contributed by atoms with van der Waals surface area (Å²) in [4.78, 5) is 10.2. The average molecular weight is 653 g/mol.